The maximum atomic E-state index is 9.03. The molecule has 7 heteroatoms. The molecule has 1 heterocycles. The van der Waals surface area contributed by atoms with Crippen LogP contribution in [-0.2, 0) is 23.7 Å². The van der Waals surface area contributed by atoms with E-state index < -0.39 is 0 Å². The second kappa shape index (κ2) is 13.1. The van der Waals surface area contributed by atoms with Crippen molar-refractivity contribution in [3.05, 3.63) is 0 Å². The Hall–Kier alpha value is -0.280. The molecule has 0 spiro atoms. The summed E-state index contributed by atoms with van der Waals surface area (Å²) in [5.41, 5.74) is 0. The van der Waals surface area contributed by atoms with Crippen LogP contribution in [0.3, 0.4) is 0 Å². The van der Waals surface area contributed by atoms with Crippen LogP contribution in [0.2, 0.25) is 0 Å². The van der Waals surface area contributed by atoms with E-state index in [1.165, 1.54) is 0 Å². The van der Waals surface area contributed by atoms with Crippen molar-refractivity contribution in [2.75, 3.05) is 52.9 Å². The molecule has 0 bridgehead atoms. The first-order valence-electron chi connectivity index (χ1n) is 8.54. The number of hydrogen-bond donors (Lipinski definition) is 2. The highest BCUT2D eigenvalue weighted by molar-refractivity contribution is 4.91. The zero-order chi connectivity index (χ0) is 16.9. The summed E-state index contributed by atoms with van der Waals surface area (Å²) in [6.07, 6.45) is 0.669. The van der Waals surface area contributed by atoms with Crippen molar-refractivity contribution in [2.24, 2.45) is 0 Å². The lowest BCUT2D eigenvalue weighted by atomic mass is 10.1. The highest BCUT2D eigenvalue weighted by Crippen LogP contribution is 2.25. The van der Waals surface area contributed by atoms with Crippen LogP contribution in [0.4, 0.5) is 0 Å². The fourth-order valence-electron chi connectivity index (χ4n) is 2.51. The van der Waals surface area contributed by atoms with Crippen LogP contribution in [-0.4, -0.2) is 87.5 Å². The highest BCUT2D eigenvalue weighted by atomic mass is 16.6. The third-order valence-corrected chi connectivity index (χ3v) is 3.50. The van der Waals surface area contributed by atoms with E-state index in [9.17, 15) is 0 Å². The number of aliphatic hydroxyl groups excluding tert-OH is 2. The number of aliphatic hydroxyl groups is 2. The van der Waals surface area contributed by atoms with E-state index in [1.54, 1.807) is 0 Å². The molecule has 1 aliphatic rings. The summed E-state index contributed by atoms with van der Waals surface area (Å²) < 4.78 is 28.7. The number of ether oxygens (including phenoxy) is 5. The van der Waals surface area contributed by atoms with Gasteiger partial charge in [-0.1, -0.05) is 13.8 Å². The summed E-state index contributed by atoms with van der Waals surface area (Å²) >= 11 is 0. The zero-order valence-corrected chi connectivity index (χ0v) is 14.3. The summed E-state index contributed by atoms with van der Waals surface area (Å²) in [6, 6.07) is 0. The molecule has 1 rings (SSSR count). The van der Waals surface area contributed by atoms with E-state index in [4.69, 9.17) is 33.9 Å². The van der Waals surface area contributed by atoms with Gasteiger partial charge in [-0.25, -0.2) is 0 Å². The molecule has 4 unspecified atom stereocenters. The predicted molar refractivity (Wildman–Crippen MR) is 84.5 cm³/mol. The largest absolute Gasteiger partial charge is 0.394 e. The van der Waals surface area contributed by atoms with Crippen molar-refractivity contribution in [2.45, 2.75) is 51.1 Å². The molecular formula is C16H32O7. The summed E-state index contributed by atoms with van der Waals surface area (Å²) in [4.78, 5) is 0. The van der Waals surface area contributed by atoms with E-state index in [1.807, 2.05) is 6.92 Å². The Balaban J connectivity index is 2.66. The van der Waals surface area contributed by atoms with Crippen LogP contribution in [0.25, 0.3) is 0 Å². The van der Waals surface area contributed by atoms with Gasteiger partial charge in [0.25, 0.3) is 0 Å². The second-order valence-electron chi connectivity index (χ2n) is 5.47. The van der Waals surface area contributed by atoms with Gasteiger partial charge in [0.1, 0.15) is 24.4 Å². The Morgan fingerprint density at radius 3 is 2.35 bits per heavy atom. The minimum atomic E-state index is -0.346. The molecular weight excluding hydrogens is 304 g/mol. The van der Waals surface area contributed by atoms with Crippen molar-refractivity contribution in [1.82, 2.24) is 0 Å². The van der Waals surface area contributed by atoms with Gasteiger partial charge in [-0.05, 0) is 12.8 Å². The van der Waals surface area contributed by atoms with Gasteiger partial charge in [0, 0.05) is 13.2 Å². The van der Waals surface area contributed by atoms with Crippen molar-refractivity contribution >= 4 is 0 Å². The molecule has 1 fully saturated rings. The standard InChI is InChI=1S/C16H32O7/c1-3-7-19-11-13(20-8-4-2)16-15(22-10-6-18)14(12-23-16)21-9-5-17/h13-18H,3-12H2,1-2H3. The molecule has 0 saturated carbocycles. The fourth-order valence-corrected chi connectivity index (χ4v) is 2.51. The topological polar surface area (TPSA) is 86.6 Å². The Bertz CT molecular complexity index is 277. The van der Waals surface area contributed by atoms with Crippen molar-refractivity contribution in [3.63, 3.8) is 0 Å². The van der Waals surface area contributed by atoms with Gasteiger partial charge >= 0.3 is 0 Å². The SMILES string of the molecule is CCCOCC(OCCC)C1OCC(OCCO)C1OCCO. The Kier molecular flexibility index (Phi) is 11.8. The Labute approximate surface area is 138 Å². The highest BCUT2D eigenvalue weighted by Gasteiger charge is 2.43. The smallest absolute Gasteiger partial charge is 0.115 e. The molecule has 0 aromatic heterocycles. The van der Waals surface area contributed by atoms with Crippen LogP contribution in [0, 0.1) is 0 Å². The zero-order valence-electron chi connectivity index (χ0n) is 14.3. The van der Waals surface area contributed by atoms with Gasteiger partial charge in [0.05, 0.1) is 39.6 Å². The molecule has 0 aromatic carbocycles. The monoisotopic (exact) mass is 336 g/mol. The first-order chi connectivity index (χ1) is 11.3. The number of rotatable bonds is 14. The second-order valence-corrected chi connectivity index (χ2v) is 5.47. The van der Waals surface area contributed by atoms with Gasteiger partial charge in [-0.3, -0.25) is 0 Å². The normalized spacial score (nSPS) is 25.8. The van der Waals surface area contributed by atoms with Gasteiger partial charge in [0.15, 0.2) is 0 Å². The molecule has 0 aromatic rings. The van der Waals surface area contributed by atoms with Crippen LogP contribution < -0.4 is 0 Å². The van der Waals surface area contributed by atoms with Gasteiger partial charge in [-0.2, -0.15) is 0 Å². The summed E-state index contributed by atoms with van der Waals surface area (Å²) in [7, 11) is 0. The summed E-state index contributed by atoms with van der Waals surface area (Å²) in [5.74, 6) is 0. The predicted octanol–water partition coefficient (Wildman–Crippen LogP) is 0.362. The first kappa shape index (κ1) is 20.8. The third kappa shape index (κ3) is 7.43. The fraction of sp³-hybridized carbons (Fsp3) is 1.00. The minimum absolute atomic E-state index is 0.0523. The van der Waals surface area contributed by atoms with Crippen LogP contribution >= 0.6 is 0 Å². The average molecular weight is 336 g/mol. The molecule has 7 nitrogen and oxygen atoms in total. The molecule has 1 saturated heterocycles. The van der Waals surface area contributed by atoms with Crippen molar-refractivity contribution in [3.8, 4) is 0 Å². The lowest BCUT2D eigenvalue weighted by Crippen LogP contribution is -2.45. The lowest BCUT2D eigenvalue weighted by Gasteiger charge is -2.29. The van der Waals surface area contributed by atoms with Crippen LogP contribution in [0.1, 0.15) is 26.7 Å². The van der Waals surface area contributed by atoms with Gasteiger partial charge in [-0.15, -0.1) is 0 Å². The Morgan fingerprint density at radius 1 is 1.00 bits per heavy atom. The van der Waals surface area contributed by atoms with E-state index in [0.717, 1.165) is 12.8 Å². The maximum absolute atomic E-state index is 9.03. The van der Waals surface area contributed by atoms with E-state index in [-0.39, 0.29) is 50.8 Å². The van der Waals surface area contributed by atoms with Gasteiger partial charge < -0.3 is 33.9 Å². The molecule has 138 valence electrons. The molecule has 1 aliphatic heterocycles. The summed E-state index contributed by atoms with van der Waals surface area (Å²) in [6.45, 7) is 6.52. The molecule has 23 heavy (non-hydrogen) atoms. The average Bonchev–Trinajstić information content (AvgIpc) is 2.96. The maximum Gasteiger partial charge on any atom is 0.115 e. The minimum Gasteiger partial charge on any atom is -0.394 e. The Morgan fingerprint density at radius 2 is 1.70 bits per heavy atom. The third-order valence-electron chi connectivity index (χ3n) is 3.50. The molecule has 4 atom stereocenters. The quantitative estimate of drug-likeness (QED) is 0.443. The van der Waals surface area contributed by atoms with Gasteiger partial charge in [0.2, 0.25) is 0 Å². The molecule has 0 amide bonds. The van der Waals surface area contributed by atoms with E-state index in [0.29, 0.717) is 26.4 Å². The molecule has 0 radical (unpaired) electrons. The molecule has 2 N–H and O–H groups in total. The summed E-state index contributed by atoms with van der Waals surface area (Å²) in [5, 5.41) is 18.0. The van der Waals surface area contributed by atoms with E-state index in [2.05, 4.69) is 6.92 Å². The van der Waals surface area contributed by atoms with Crippen molar-refractivity contribution < 1.29 is 33.9 Å². The lowest BCUT2D eigenvalue weighted by molar-refractivity contribution is -0.131. The first-order valence-corrected chi connectivity index (χ1v) is 8.54. The van der Waals surface area contributed by atoms with Crippen LogP contribution in [0.15, 0.2) is 0 Å². The van der Waals surface area contributed by atoms with Crippen molar-refractivity contribution in [1.29, 1.82) is 0 Å². The van der Waals surface area contributed by atoms with Crippen LogP contribution in [0.5, 0.6) is 0 Å². The number of hydrogen-bond acceptors (Lipinski definition) is 7. The molecule has 0 aliphatic carbocycles. The van der Waals surface area contributed by atoms with E-state index >= 15 is 0 Å².